The van der Waals surface area contributed by atoms with Crippen molar-refractivity contribution >= 4 is 17.6 Å². The topological polar surface area (TPSA) is 71.2 Å². The van der Waals surface area contributed by atoms with Gasteiger partial charge in [0.05, 0.1) is 6.54 Å². The molecule has 0 radical (unpaired) electrons. The van der Waals surface area contributed by atoms with Gasteiger partial charge in [0.25, 0.3) is 0 Å². The van der Waals surface area contributed by atoms with Gasteiger partial charge in [0.1, 0.15) is 11.9 Å². The Balaban J connectivity index is 1.60. The molecule has 2 aromatic rings. The molecule has 2 heterocycles. The summed E-state index contributed by atoms with van der Waals surface area (Å²) in [6.45, 7) is 0.523. The van der Waals surface area contributed by atoms with Crippen molar-refractivity contribution in [1.82, 2.24) is 19.7 Å². The number of carboxylic acids is 1. The lowest BCUT2D eigenvalue weighted by atomic mass is 9.85. The molecule has 1 N–H and O–H groups in total. The summed E-state index contributed by atoms with van der Waals surface area (Å²) in [7, 11) is 1.93. The Morgan fingerprint density at radius 2 is 1.96 bits per heavy atom. The van der Waals surface area contributed by atoms with Gasteiger partial charge in [-0.05, 0) is 49.4 Å². The minimum absolute atomic E-state index is 0.348. The molecule has 0 bridgehead atoms. The summed E-state index contributed by atoms with van der Waals surface area (Å²) in [5, 5.41) is 19.1. The number of hydrogen-bond acceptors (Lipinski definition) is 4. The number of carbonyl (C=O) groups is 1. The smallest absolute Gasteiger partial charge is 0.320 e. The number of carboxylic acid groups (broad SMARTS) is 1. The van der Waals surface area contributed by atoms with Crippen molar-refractivity contribution in [3.63, 3.8) is 0 Å². The number of aliphatic carboxylic acids is 1. The maximum Gasteiger partial charge on any atom is 0.320 e. The summed E-state index contributed by atoms with van der Waals surface area (Å²) in [5.41, 5.74) is 0.947. The first-order chi connectivity index (χ1) is 12.5. The van der Waals surface area contributed by atoms with Gasteiger partial charge in [0.2, 0.25) is 0 Å². The Morgan fingerprint density at radius 1 is 1.23 bits per heavy atom. The van der Waals surface area contributed by atoms with Gasteiger partial charge in [-0.2, -0.15) is 0 Å². The molecule has 2 fully saturated rings. The minimum Gasteiger partial charge on any atom is -0.480 e. The molecule has 7 heteroatoms. The van der Waals surface area contributed by atoms with Crippen molar-refractivity contribution < 1.29 is 9.90 Å². The third-order valence-corrected chi connectivity index (χ3v) is 6.15. The predicted molar refractivity (Wildman–Crippen MR) is 98.8 cm³/mol. The molecule has 138 valence electrons. The van der Waals surface area contributed by atoms with Crippen molar-refractivity contribution in [1.29, 1.82) is 0 Å². The average Bonchev–Trinajstić information content (AvgIpc) is 3.18. The van der Waals surface area contributed by atoms with Crippen LogP contribution < -0.4 is 0 Å². The van der Waals surface area contributed by atoms with Gasteiger partial charge < -0.3 is 9.67 Å². The third-order valence-electron chi connectivity index (χ3n) is 5.90. The minimum atomic E-state index is -0.723. The van der Waals surface area contributed by atoms with E-state index in [1.807, 2.05) is 35.9 Å². The summed E-state index contributed by atoms with van der Waals surface area (Å²) in [6.07, 6.45) is 5.36. The summed E-state index contributed by atoms with van der Waals surface area (Å²) in [5.74, 6) is 1.34. The molecule has 3 atom stereocenters. The van der Waals surface area contributed by atoms with Crippen LogP contribution in [0.2, 0.25) is 5.02 Å². The summed E-state index contributed by atoms with van der Waals surface area (Å²) < 4.78 is 1.96. The van der Waals surface area contributed by atoms with E-state index < -0.39 is 12.0 Å². The van der Waals surface area contributed by atoms with Crippen molar-refractivity contribution in [2.75, 3.05) is 0 Å². The molecule has 3 unspecified atom stereocenters. The molecule has 6 nitrogen and oxygen atoms in total. The lowest BCUT2D eigenvalue weighted by molar-refractivity contribution is -0.143. The third kappa shape index (κ3) is 3.12. The van der Waals surface area contributed by atoms with Crippen molar-refractivity contribution in [2.24, 2.45) is 13.0 Å². The SMILES string of the molecule is Cn1c(CN2C(C(=O)O)CC3CCCCC32)nnc1-c1ccc(Cl)cc1. The van der Waals surface area contributed by atoms with Gasteiger partial charge in [0.15, 0.2) is 5.82 Å². The molecule has 0 amide bonds. The molecule has 26 heavy (non-hydrogen) atoms. The summed E-state index contributed by atoms with van der Waals surface area (Å²) >= 11 is 5.96. The molecule has 0 spiro atoms. The van der Waals surface area contributed by atoms with Crippen LogP contribution in [0.4, 0.5) is 0 Å². The first-order valence-electron chi connectivity index (χ1n) is 9.17. The average molecular weight is 375 g/mol. The van der Waals surface area contributed by atoms with Crippen LogP contribution in [0.15, 0.2) is 24.3 Å². The van der Waals surface area contributed by atoms with Crippen molar-refractivity contribution in [3.8, 4) is 11.4 Å². The number of nitrogens with zero attached hydrogens (tertiary/aromatic N) is 4. The molecule has 1 aromatic carbocycles. The number of benzene rings is 1. The maximum absolute atomic E-state index is 11.8. The van der Waals surface area contributed by atoms with E-state index in [9.17, 15) is 9.90 Å². The molecular formula is C19H23ClN4O2. The number of aromatic nitrogens is 3. The van der Waals surface area contributed by atoms with Gasteiger partial charge in [-0.3, -0.25) is 9.69 Å². The van der Waals surface area contributed by atoms with E-state index in [-0.39, 0.29) is 0 Å². The second-order valence-electron chi connectivity index (χ2n) is 7.38. The fraction of sp³-hybridized carbons (Fsp3) is 0.526. The fourth-order valence-corrected chi connectivity index (χ4v) is 4.66. The normalized spacial score (nSPS) is 26.0. The van der Waals surface area contributed by atoms with Crippen LogP contribution in [-0.4, -0.2) is 42.8 Å². The maximum atomic E-state index is 11.8. The number of hydrogen-bond donors (Lipinski definition) is 1. The first kappa shape index (κ1) is 17.5. The van der Waals surface area contributed by atoms with Crippen LogP contribution in [0.25, 0.3) is 11.4 Å². The van der Waals surface area contributed by atoms with E-state index in [2.05, 4.69) is 15.1 Å². The van der Waals surface area contributed by atoms with Gasteiger partial charge in [-0.1, -0.05) is 24.4 Å². The van der Waals surface area contributed by atoms with Crippen LogP contribution in [-0.2, 0) is 18.4 Å². The number of likely N-dealkylation sites (tertiary alicyclic amines) is 1. The van der Waals surface area contributed by atoms with Gasteiger partial charge in [-0.15, -0.1) is 10.2 Å². The zero-order valence-electron chi connectivity index (χ0n) is 14.8. The Kier molecular flexibility index (Phi) is 4.71. The van der Waals surface area contributed by atoms with E-state index in [1.165, 1.54) is 12.8 Å². The van der Waals surface area contributed by atoms with Crippen molar-refractivity contribution in [3.05, 3.63) is 35.1 Å². The lowest BCUT2D eigenvalue weighted by Crippen LogP contribution is -2.42. The van der Waals surface area contributed by atoms with E-state index >= 15 is 0 Å². The number of fused-ring (bicyclic) bond motifs is 1. The van der Waals surface area contributed by atoms with Gasteiger partial charge in [0, 0.05) is 23.7 Å². The lowest BCUT2D eigenvalue weighted by Gasteiger charge is -2.32. The quantitative estimate of drug-likeness (QED) is 0.888. The fourth-order valence-electron chi connectivity index (χ4n) is 4.54. The monoisotopic (exact) mass is 374 g/mol. The highest BCUT2D eigenvalue weighted by Crippen LogP contribution is 2.40. The van der Waals surface area contributed by atoms with Crippen LogP contribution in [0, 0.1) is 5.92 Å². The summed E-state index contributed by atoms with van der Waals surface area (Å²) in [6, 6.07) is 7.43. The van der Waals surface area contributed by atoms with Crippen molar-refractivity contribution in [2.45, 2.75) is 50.7 Å². The number of rotatable bonds is 4. The number of halogens is 1. The van der Waals surface area contributed by atoms with E-state index in [1.54, 1.807) is 0 Å². The van der Waals surface area contributed by atoms with Gasteiger partial charge in [-0.25, -0.2) is 0 Å². The highest BCUT2D eigenvalue weighted by Gasteiger charge is 2.45. The van der Waals surface area contributed by atoms with Crippen LogP contribution in [0.1, 0.15) is 37.9 Å². The zero-order chi connectivity index (χ0) is 18.3. The van der Waals surface area contributed by atoms with Crippen LogP contribution in [0.3, 0.4) is 0 Å². The van der Waals surface area contributed by atoms with Crippen LogP contribution >= 0.6 is 11.6 Å². The molecule has 1 saturated carbocycles. The second-order valence-corrected chi connectivity index (χ2v) is 7.82. The predicted octanol–water partition coefficient (Wildman–Crippen LogP) is 3.35. The highest BCUT2D eigenvalue weighted by atomic mass is 35.5. The van der Waals surface area contributed by atoms with E-state index in [0.29, 0.717) is 23.5 Å². The molecule has 2 aliphatic rings. The molecule has 1 saturated heterocycles. The standard InChI is InChI=1S/C19H23ClN4O2/c1-23-17(21-22-18(23)12-6-8-14(20)9-7-12)11-24-15-5-3-2-4-13(15)10-16(24)19(25)26/h6-9,13,15-16H,2-5,10-11H2,1H3,(H,25,26). The van der Waals surface area contributed by atoms with Gasteiger partial charge >= 0.3 is 5.97 Å². The Labute approximate surface area is 157 Å². The highest BCUT2D eigenvalue weighted by molar-refractivity contribution is 6.30. The van der Waals surface area contributed by atoms with Crippen LogP contribution in [0.5, 0.6) is 0 Å². The Morgan fingerprint density at radius 3 is 2.69 bits per heavy atom. The molecule has 1 aliphatic carbocycles. The first-order valence-corrected chi connectivity index (χ1v) is 9.55. The van der Waals surface area contributed by atoms with E-state index in [0.717, 1.165) is 36.5 Å². The molecular weight excluding hydrogens is 352 g/mol. The molecule has 1 aliphatic heterocycles. The Bertz CT molecular complexity index is 804. The largest absolute Gasteiger partial charge is 0.480 e. The van der Waals surface area contributed by atoms with E-state index in [4.69, 9.17) is 11.6 Å². The molecule has 4 rings (SSSR count). The Hall–Kier alpha value is -1.92. The molecule has 1 aromatic heterocycles. The summed E-state index contributed by atoms with van der Waals surface area (Å²) in [4.78, 5) is 13.9. The zero-order valence-corrected chi connectivity index (χ0v) is 15.6. The second kappa shape index (κ2) is 7.00.